The molecular formula is C30H48ClN7O5S. The van der Waals surface area contributed by atoms with Crippen molar-refractivity contribution in [1.82, 2.24) is 24.7 Å². The average molecular weight is 654 g/mol. The Hall–Kier alpha value is -2.97. The highest BCUT2D eigenvalue weighted by molar-refractivity contribution is 7.88. The Morgan fingerprint density at radius 2 is 1.84 bits per heavy atom. The molecule has 0 aliphatic carbocycles. The molecule has 12 nitrogen and oxygen atoms in total. The van der Waals surface area contributed by atoms with Crippen LogP contribution in [0.3, 0.4) is 0 Å². The van der Waals surface area contributed by atoms with Gasteiger partial charge in [0.15, 0.2) is 5.82 Å². The summed E-state index contributed by atoms with van der Waals surface area (Å²) in [5.74, 6) is 2.19. The molecule has 3 heterocycles. The number of sulfonamides is 1. The van der Waals surface area contributed by atoms with Crippen molar-refractivity contribution in [2.75, 3.05) is 43.6 Å². The van der Waals surface area contributed by atoms with Crippen LogP contribution < -0.4 is 20.8 Å². The van der Waals surface area contributed by atoms with Crippen molar-refractivity contribution < 1.29 is 23.1 Å². The molecule has 44 heavy (non-hydrogen) atoms. The number of nitrogens with one attached hydrogen (secondary N) is 3. The minimum Gasteiger partial charge on any atom is -0.489 e. The molecule has 0 radical (unpaired) electrons. The van der Waals surface area contributed by atoms with Crippen LogP contribution in [0.4, 0.5) is 17.5 Å². The van der Waals surface area contributed by atoms with Gasteiger partial charge in [-0.05, 0) is 62.8 Å². The van der Waals surface area contributed by atoms with E-state index in [0.717, 1.165) is 35.4 Å². The van der Waals surface area contributed by atoms with E-state index in [-0.39, 0.29) is 18.1 Å². The zero-order valence-electron chi connectivity index (χ0n) is 27.0. The van der Waals surface area contributed by atoms with Crippen LogP contribution in [0.2, 0.25) is 5.02 Å². The summed E-state index contributed by atoms with van der Waals surface area (Å²) in [6.45, 7) is 15.5. The van der Waals surface area contributed by atoms with E-state index in [1.807, 2.05) is 64.9 Å². The Morgan fingerprint density at radius 1 is 1.20 bits per heavy atom. The van der Waals surface area contributed by atoms with Crippen LogP contribution in [0, 0.1) is 12.8 Å². The second kappa shape index (κ2) is 16.9. The molecule has 0 spiro atoms. The van der Waals surface area contributed by atoms with E-state index in [9.17, 15) is 8.42 Å². The molecule has 0 amide bonds. The van der Waals surface area contributed by atoms with Gasteiger partial charge in [-0.25, -0.2) is 23.1 Å². The van der Waals surface area contributed by atoms with Crippen molar-refractivity contribution in [3.05, 3.63) is 46.4 Å². The quantitative estimate of drug-likeness (QED) is 0.268. The summed E-state index contributed by atoms with van der Waals surface area (Å²) in [5.41, 5.74) is 7.25. The normalized spacial score (nSPS) is 16.9. The predicted octanol–water partition coefficient (Wildman–Crippen LogP) is 4.65. The highest BCUT2D eigenvalue weighted by atomic mass is 35.5. The molecule has 0 saturated carbocycles. The Morgan fingerprint density at radius 3 is 2.39 bits per heavy atom. The number of hydrazine groups is 1. The minimum atomic E-state index is -3.18. The van der Waals surface area contributed by atoms with Gasteiger partial charge in [-0.15, -0.1) is 0 Å². The molecule has 1 atom stereocenters. The van der Waals surface area contributed by atoms with E-state index < -0.39 is 10.0 Å². The van der Waals surface area contributed by atoms with Gasteiger partial charge in [-0.2, -0.15) is 4.98 Å². The molecule has 1 saturated heterocycles. The Labute approximate surface area is 267 Å². The second-order valence-corrected chi connectivity index (χ2v) is 13.9. The van der Waals surface area contributed by atoms with Crippen molar-refractivity contribution in [3.63, 3.8) is 0 Å². The number of halogens is 1. The number of carbonyl (C=O) groups is 1. The number of nitrogens with zero attached hydrogens (tertiary/aromatic N) is 4. The third-order valence-electron chi connectivity index (χ3n) is 6.74. The lowest BCUT2D eigenvalue weighted by Crippen LogP contribution is -2.48. The van der Waals surface area contributed by atoms with Gasteiger partial charge in [-0.3, -0.25) is 0 Å². The van der Waals surface area contributed by atoms with Gasteiger partial charge in [0.1, 0.15) is 17.6 Å². The van der Waals surface area contributed by atoms with Crippen molar-refractivity contribution in [1.29, 1.82) is 0 Å². The fraction of sp³-hybridized carbons (Fsp3) is 0.567. The van der Waals surface area contributed by atoms with Crippen molar-refractivity contribution in [3.8, 4) is 5.75 Å². The monoisotopic (exact) mass is 653 g/mol. The molecule has 0 bridgehead atoms. The van der Waals surface area contributed by atoms with Gasteiger partial charge in [0.25, 0.3) is 0 Å². The number of aliphatic hydroxyl groups excluding tert-OH is 1. The van der Waals surface area contributed by atoms with Gasteiger partial charge in [0.2, 0.25) is 16.0 Å². The van der Waals surface area contributed by atoms with E-state index in [2.05, 4.69) is 39.9 Å². The van der Waals surface area contributed by atoms with Crippen LogP contribution in [-0.4, -0.2) is 84.7 Å². The fourth-order valence-corrected chi connectivity index (χ4v) is 5.73. The van der Waals surface area contributed by atoms with Gasteiger partial charge in [-0.1, -0.05) is 32.4 Å². The Balaban J connectivity index is 0.00000104. The zero-order chi connectivity index (χ0) is 33.2. The number of rotatable bonds is 11. The molecule has 246 valence electrons. The van der Waals surface area contributed by atoms with Crippen LogP contribution in [0.5, 0.6) is 5.75 Å². The maximum absolute atomic E-state index is 11.8. The third kappa shape index (κ3) is 10.6. The van der Waals surface area contributed by atoms with E-state index in [0.29, 0.717) is 48.2 Å². The predicted molar refractivity (Wildman–Crippen MR) is 177 cm³/mol. The van der Waals surface area contributed by atoms with Crippen molar-refractivity contribution in [2.45, 2.75) is 72.4 Å². The molecule has 4 rings (SSSR count). The number of benzene rings is 1. The van der Waals surface area contributed by atoms with E-state index in [1.54, 1.807) is 6.20 Å². The first kappa shape index (κ1) is 37.2. The summed E-state index contributed by atoms with van der Waals surface area (Å²) >= 11 is 6.47. The molecule has 1 aromatic carbocycles. The summed E-state index contributed by atoms with van der Waals surface area (Å²) in [7, 11) is -1.22. The molecule has 4 N–H and O–H groups in total. The van der Waals surface area contributed by atoms with Crippen molar-refractivity contribution in [2.24, 2.45) is 5.92 Å². The van der Waals surface area contributed by atoms with Crippen LogP contribution in [0.1, 0.15) is 64.5 Å². The molecular weight excluding hydrogens is 606 g/mol. The number of aromatic nitrogens is 2. The van der Waals surface area contributed by atoms with Gasteiger partial charge in [0.05, 0.1) is 36.0 Å². The summed E-state index contributed by atoms with van der Waals surface area (Å²) < 4.78 is 31.3. The molecule has 1 fully saturated rings. The number of aliphatic hydroxyl groups is 1. The molecule has 14 heteroatoms. The summed E-state index contributed by atoms with van der Waals surface area (Å²) in [6.07, 6.45) is 6.60. The second-order valence-electron chi connectivity index (χ2n) is 11.5. The standard InChI is InChI=1S/C26H38ClN7O3S.C3H8O.CH2O/c1-15(2)8-21-23(14-33(6)32-21)29-25-20(27)11-28-26(31-25)30-22-9-17(5)19(10-24(22)37-16(3)4)18-12-34(13-18)38(7,35)36;1-2-3-4;1-2/h9-11,14-16,18,21,32H,8,12-13H2,1-7H3,(H2,28,29,30,31);4H,2-3H2,1H3;1H2. The van der Waals surface area contributed by atoms with E-state index in [1.165, 1.54) is 10.6 Å². The molecule has 2 aromatic rings. The lowest BCUT2D eigenvalue weighted by molar-refractivity contribution is -0.0980. The smallest absolute Gasteiger partial charge is 0.229 e. The van der Waals surface area contributed by atoms with E-state index in [4.69, 9.17) is 26.2 Å². The first-order chi connectivity index (χ1) is 20.7. The fourth-order valence-electron chi connectivity index (χ4n) is 4.69. The maximum atomic E-state index is 11.8. The molecule has 1 unspecified atom stereocenters. The topological polar surface area (TPSA) is 149 Å². The average Bonchev–Trinajstić information content (AvgIpc) is 3.25. The highest BCUT2D eigenvalue weighted by Gasteiger charge is 2.35. The summed E-state index contributed by atoms with van der Waals surface area (Å²) in [5, 5.41) is 16.9. The lowest BCUT2D eigenvalue weighted by atomic mass is 9.89. The minimum absolute atomic E-state index is 0.0555. The number of ether oxygens (including phenoxy) is 1. The van der Waals surface area contributed by atoms with Gasteiger partial charge in [0, 0.05) is 38.9 Å². The zero-order valence-corrected chi connectivity index (χ0v) is 28.6. The summed E-state index contributed by atoms with van der Waals surface area (Å²) in [6, 6.07) is 4.13. The van der Waals surface area contributed by atoms with Gasteiger partial charge < -0.3 is 30.3 Å². The number of hydrogen-bond donors (Lipinski definition) is 4. The van der Waals surface area contributed by atoms with Crippen LogP contribution in [-0.2, 0) is 14.8 Å². The van der Waals surface area contributed by atoms with Gasteiger partial charge >= 0.3 is 0 Å². The first-order valence-electron chi connectivity index (χ1n) is 14.6. The number of hydrogen-bond acceptors (Lipinski definition) is 11. The number of aryl methyl sites for hydroxylation is 1. The lowest BCUT2D eigenvalue weighted by Gasteiger charge is -2.38. The number of carbonyl (C=O) groups excluding carboxylic acids is 1. The van der Waals surface area contributed by atoms with Crippen LogP contribution in [0.15, 0.2) is 30.2 Å². The third-order valence-corrected chi connectivity index (χ3v) is 8.25. The van der Waals surface area contributed by atoms with Crippen LogP contribution in [0.25, 0.3) is 0 Å². The Bertz CT molecular complexity index is 1370. The first-order valence-corrected chi connectivity index (χ1v) is 16.9. The summed E-state index contributed by atoms with van der Waals surface area (Å²) in [4.78, 5) is 17.1. The van der Waals surface area contributed by atoms with Crippen LogP contribution >= 0.6 is 11.6 Å². The van der Waals surface area contributed by atoms with Crippen molar-refractivity contribution >= 4 is 45.9 Å². The highest BCUT2D eigenvalue weighted by Crippen LogP contribution is 2.38. The Kier molecular flexibility index (Phi) is 14.3. The van der Waals surface area contributed by atoms with E-state index >= 15 is 0 Å². The SMILES string of the molecule is C=O.CCCO.Cc1cc(Nc2ncc(Cl)c(NC3=CN(C)NC3CC(C)C)n2)c(OC(C)C)cc1C1CN(S(C)(=O)=O)C1. The largest absolute Gasteiger partial charge is 0.489 e. The maximum Gasteiger partial charge on any atom is 0.229 e. The molecule has 2 aliphatic rings. The molecule has 1 aromatic heterocycles. The molecule has 2 aliphatic heterocycles. The number of anilines is 3.